The number of hydrogen-bond acceptors (Lipinski definition) is 1. The van der Waals surface area contributed by atoms with Gasteiger partial charge in [0.25, 0.3) is 0 Å². The Morgan fingerprint density at radius 1 is 1.16 bits per heavy atom. The van der Waals surface area contributed by atoms with Gasteiger partial charge in [-0.3, -0.25) is 0 Å². The molecule has 0 saturated carbocycles. The predicted molar refractivity (Wildman–Crippen MR) is 80.8 cm³/mol. The van der Waals surface area contributed by atoms with Crippen LogP contribution in [0, 0.1) is 0 Å². The summed E-state index contributed by atoms with van der Waals surface area (Å²) in [5, 5.41) is 4.44. The van der Waals surface area contributed by atoms with Crippen LogP contribution in [0.1, 0.15) is 35.6 Å². The second-order valence-electron chi connectivity index (χ2n) is 5.25. The highest BCUT2D eigenvalue weighted by molar-refractivity contribution is 6.31. The quantitative estimate of drug-likeness (QED) is 0.873. The predicted octanol–water partition coefficient (Wildman–Crippen LogP) is 4.33. The fourth-order valence-electron chi connectivity index (χ4n) is 2.80. The Balaban J connectivity index is 1.61. The third kappa shape index (κ3) is 2.54. The van der Waals surface area contributed by atoms with Crippen LogP contribution in [0.15, 0.2) is 48.5 Å². The molecule has 1 aliphatic rings. The maximum atomic E-state index is 6.22. The second-order valence-corrected chi connectivity index (χ2v) is 5.66. The molecule has 0 heterocycles. The minimum absolute atomic E-state index is 0.293. The highest BCUT2D eigenvalue weighted by Crippen LogP contribution is 2.34. The van der Waals surface area contributed by atoms with E-state index >= 15 is 0 Å². The molecule has 2 atom stereocenters. The van der Waals surface area contributed by atoms with Crippen LogP contribution in [0.25, 0.3) is 0 Å². The van der Waals surface area contributed by atoms with Crippen LogP contribution in [-0.2, 0) is 6.42 Å². The molecule has 3 rings (SSSR count). The van der Waals surface area contributed by atoms with Crippen molar-refractivity contribution < 1.29 is 0 Å². The third-order valence-electron chi connectivity index (χ3n) is 4.00. The molecule has 0 fully saturated rings. The maximum Gasteiger partial charge on any atom is 0.0453 e. The molecule has 0 spiro atoms. The first kappa shape index (κ1) is 12.7. The van der Waals surface area contributed by atoms with Crippen molar-refractivity contribution in [2.45, 2.75) is 25.3 Å². The standard InChI is InChI=1S/C17H18ClN/c1-12(15-7-4-5-9-17(15)18)19-11-14-10-13-6-2-3-8-16(13)14/h2-9,12,14,19H,10-11H2,1H3/t12-,14?/m1/s1. The first-order valence-corrected chi connectivity index (χ1v) is 7.19. The van der Waals surface area contributed by atoms with E-state index in [9.17, 15) is 0 Å². The van der Waals surface area contributed by atoms with Crippen LogP contribution in [0.5, 0.6) is 0 Å². The van der Waals surface area contributed by atoms with Crippen molar-refractivity contribution in [3.63, 3.8) is 0 Å². The molecule has 0 bridgehead atoms. The summed E-state index contributed by atoms with van der Waals surface area (Å²) in [5.41, 5.74) is 4.18. The third-order valence-corrected chi connectivity index (χ3v) is 4.35. The zero-order chi connectivity index (χ0) is 13.2. The van der Waals surface area contributed by atoms with Gasteiger partial charge in [0.1, 0.15) is 0 Å². The van der Waals surface area contributed by atoms with E-state index in [-0.39, 0.29) is 0 Å². The summed E-state index contributed by atoms with van der Waals surface area (Å²) < 4.78 is 0. The molecular formula is C17H18ClN. The fraction of sp³-hybridized carbons (Fsp3) is 0.294. The first-order valence-electron chi connectivity index (χ1n) is 6.81. The molecule has 1 unspecified atom stereocenters. The van der Waals surface area contributed by atoms with Crippen molar-refractivity contribution in [2.24, 2.45) is 0 Å². The monoisotopic (exact) mass is 271 g/mol. The summed E-state index contributed by atoms with van der Waals surface area (Å²) >= 11 is 6.22. The summed E-state index contributed by atoms with van der Waals surface area (Å²) in [6.07, 6.45) is 1.19. The van der Waals surface area contributed by atoms with E-state index < -0.39 is 0 Å². The van der Waals surface area contributed by atoms with Gasteiger partial charge in [0.15, 0.2) is 0 Å². The normalized spacial score (nSPS) is 18.5. The molecule has 1 N–H and O–H groups in total. The molecule has 0 aromatic heterocycles. The molecule has 0 radical (unpaired) electrons. The van der Waals surface area contributed by atoms with Gasteiger partial charge in [0, 0.05) is 23.5 Å². The number of nitrogens with one attached hydrogen (secondary N) is 1. The first-order chi connectivity index (χ1) is 9.25. The number of benzene rings is 2. The van der Waals surface area contributed by atoms with Crippen molar-refractivity contribution in [3.8, 4) is 0 Å². The van der Waals surface area contributed by atoms with E-state index in [1.165, 1.54) is 23.1 Å². The van der Waals surface area contributed by atoms with E-state index in [1.54, 1.807) is 0 Å². The fourth-order valence-corrected chi connectivity index (χ4v) is 3.10. The van der Waals surface area contributed by atoms with Crippen molar-refractivity contribution in [3.05, 3.63) is 70.2 Å². The van der Waals surface area contributed by atoms with Gasteiger partial charge in [-0.1, -0.05) is 54.1 Å². The lowest BCUT2D eigenvalue weighted by molar-refractivity contribution is 0.489. The minimum Gasteiger partial charge on any atom is -0.310 e. The highest BCUT2D eigenvalue weighted by Gasteiger charge is 2.25. The molecule has 0 amide bonds. The Morgan fingerprint density at radius 3 is 2.68 bits per heavy atom. The number of fused-ring (bicyclic) bond motifs is 1. The van der Waals surface area contributed by atoms with Gasteiger partial charge in [-0.15, -0.1) is 0 Å². The van der Waals surface area contributed by atoms with Crippen LogP contribution in [0.2, 0.25) is 5.02 Å². The van der Waals surface area contributed by atoms with E-state index in [1.807, 2.05) is 18.2 Å². The lowest BCUT2D eigenvalue weighted by Crippen LogP contribution is -2.30. The number of rotatable bonds is 4. The van der Waals surface area contributed by atoms with Gasteiger partial charge >= 0.3 is 0 Å². The summed E-state index contributed by atoms with van der Waals surface area (Å²) in [6, 6.07) is 17.1. The van der Waals surface area contributed by atoms with Gasteiger partial charge in [-0.05, 0) is 36.1 Å². The Morgan fingerprint density at radius 2 is 1.89 bits per heavy atom. The molecule has 1 nitrogen and oxygen atoms in total. The molecular weight excluding hydrogens is 254 g/mol. The smallest absolute Gasteiger partial charge is 0.0453 e. The van der Waals surface area contributed by atoms with Gasteiger partial charge in [0.2, 0.25) is 0 Å². The van der Waals surface area contributed by atoms with Gasteiger partial charge in [-0.25, -0.2) is 0 Å². The van der Waals surface area contributed by atoms with Crippen LogP contribution in [-0.4, -0.2) is 6.54 Å². The van der Waals surface area contributed by atoms with Crippen LogP contribution in [0.4, 0.5) is 0 Å². The van der Waals surface area contributed by atoms with Crippen molar-refractivity contribution in [1.29, 1.82) is 0 Å². The van der Waals surface area contributed by atoms with E-state index in [0.29, 0.717) is 12.0 Å². The van der Waals surface area contributed by atoms with Gasteiger partial charge in [0.05, 0.1) is 0 Å². The Hall–Kier alpha value is -1.31. The molecule has 0 aliphatic heterocycles. The summed E-state index contributed by atoms with van der Waals surface area (Å²) in [4.78, 5) is 0. The van der Waals surface area contributed by atoms with Gasteiger partial charge in [-0.2, -0.15) is 0 Å². The SMILES string of the molecule is C[C@@H](NCC1Cc2ccccc21)c1ccccc1Cl. The highest BCUT2D eigenvalue weighted by atomic mass is 35.5. The number of hydrogen-bond donors (Lipinski definition) is 1. The van der Waals surface area contributed by atoms with Crippen molar-refractivity contribution >= 4 is 11.6 Å². The molecule has 2 aromatic rings. The zero-order valence-electron chi connectivity index (χ0n) is 11.1. The van der Waals surface area contributed by atoms with Crippen molar-refractivity contribution in [2.75, 3.05) is 6.54 Å². The van der Waals surface area contributed by atoms with E-state index in [2.05, 4.69) is 42.6 Å². The Labute approximate surface area is 119 Å². The topological polar surface area (TPSA) is 12.0 Å². The van der Waals surface area contributed by atoms with Crippen molar-refractivity contribution in [1.82, 2.24) is 5.32 Å². The van der Waals surface area contributed by atoms with E-state index in [4.69, 9.17) is 11.6 Å². The number of halogens is 1. The molecule has 2 aromatic carbocycles. The van der Waals surface area contributed by atoms with Gasteiger partial charge < -0.3 is 5.32 Å². The minimum atomic E-state index is 0.293. The zero-order valence-corrected chi connectivity index (χ0v) is 11.8. The Kier molecular flexibility index (Phi) is 3.58. The maximum absolute atomic E-state index is 6.22. The summed E-state index contributed by atoms with van der Waals surface area (Å²) in [5.74, 6) is 0.654. The Bertz CT molecular complexity index is 579. The van der Waals surface area contributed by atoms with Crippen LogP contribution < -0.4 is 5.32 Å². The molecule has 98 valence electrons. The summed E-state index contributed by atoms with van der Waals surface area (Å²) in [6.45, 7) is 3.19. The molecule has 2 heteroatoms. The molecule has 19 heavy (non-hydrogen) atoms. The van der Waals surface area contributed by atoms with Crippen LogP contribution in [0.3, 0.4) is 0 Å². The average molecular weight is 272 g/mol. The average Bonchev–Trinajstić information content (AvgIpc) is 2.40. The lowest BCUT2D eigenvalue weighted by Gasteiger charge is -2.31. The molecule has 1 aliphatic carbocycles. The van der Waals surface area contributed by atoms with E-state index in [0.717, 1.165) is 11.6 Å². The second kappa shape index (κ2) is 5.36. The molecule has 0 saturated heterocycles. The summed E-state index contributed by atoms with van der Waals surface area (Å²) in [7, 11) is 0. The van der Waals surface area contributed by atoms with Crippen LogP contribution >= 0.6 is 11.6 Å². The largest absolute Gasteiger partial charge is 0.310 e. The lowest BCUT2D eigenvalue weighted by atomic mass is 9.77.